The quantitative estimate of drug-likeness (QED) is 0.324. The van der Waals surface area contributed by atoms with E-state index in [2.05, 4.69) is 0 Å². The van der Waals surface area contributed by atoms with Crippen LogP contribution in [0.4, 0.5) is 0 Å². The van der Waals surface area contributed by atoms with E-state index in [9.17, 15) is 19.2 Å². The minimum atomic E-state index is -0.193. The maximum atomic E-state index is 13.2. The van der Waals surface area contributed by atoms with E-state index in [4.69, 9.17) is 0 Å². The summed E-state index contributed by atoms with van der Waals surface area (Å²) in [4.78, 5) is 53.0. The van der Waals surface area contributed by atoms with Gasteiger partial charge >= 0.3 is 0 Å². The zero-order valence-corrected chi connectivity index (χ0v) is 20.2. The minimum absolute atomic E-state index is 0.0135. The molecule has 0 aliphatic heterocycles. The van der Waals surface area contributed by atoms with Crippen molar-refractivity contribution in [3.63, 3.8) is 0 Å². The van der Waals surface area contributed by atoms with E-state index in [1.165, 1.54) is 9.13 Å². The molecular weight excluding hydrogens is 452 g/mol. The molecule has 6 nitrogen and oxygen atoms in total. The molecular formula is C30H28N2O4. The zero-order valence-electron chi connectivity index (χ0n) is 20.2. The van der Waals surface area contributed by atoms with Crippen LogP contribution in [-0.4, -0.2) is 9.13 Å². The van der Waals surface area contributed by atoms with Crippen molar-refractivity contribution in [3.8, 4) is 0 Å². The highest BCUT2D eigenvalue weighted by Gasteiger charge is 2.24. The average Bonchev–Trinajstić information content (AvgIpc) is 3.29. The second kappa shape index (κ2) is 7.99. The number of hydrogen-bond donors (Lipinski definition) is 0. The number of aromatic nitrogens is 2. The van der Waals surface area contributed by atoms with Gasteiger partial charge in [0.05, 0.1) is 21.5 Å². The van der Waals surface area contributed by atoms with Crippen LogP contribution in [0.2, 0.25) is 0 Å². The van der Waals surface area contributed by atoms with E-state index in [0.29, 0.717) is 21.5 Å². The molecule has 7 rings (SSSR count). The fraction of sp³-hybridized carbons (Fsp3) is 0.400. The van der Waals surface area contributed by atoms with Crippen molar-refractivity contribution in [2.45, 2.75) is 76.3 Å². The Bertz CT molecular complexity index is 1640. The van der Waals surface area contributed by atoms with Crippen LogP contribution in [0.5, 0.6) is 0 Å². The van der Waals surface area contributed by atoms with Gasteiger partial charge in [-0.2, -0.15) is 0 Å². The van der Waals surface area contributed by atoms with E-state index in [1.54, 1.807) is 0 Å². The van der Waals surface area contributed by atoms with Gasteiger partial charge in [-0.25, -0.2) is 0 Å². The number of hydrogen-bond acceptors (Lipinski definition) is 4. The first kappa shape index (κ1) is 21.7. The fourth-order valence-corrected chi connectivity index (χ4v) is 6.85. The second-order valence-corrected chi connectivity index (χ2v) is 10.9. The highest BCUT2D eigenvalue weighted by atomic mass is 16.2. The normalized spacial score (nSPS) is 18.2. The van der Waals surface area contributed by atoms with Crippen molar-refractivity contribution in [1.82, 2.24) is 9.13 Å². The number of benzene rings is 3. The van der Waals surface area contributed by atoms with E-state index in [0.717, 1.165) is 85.8 Å². The fourth-order valence-electron chi connectivity index (χ4n) is 6.85. The molecule has 0 amide bonds. The Hall–Kier alpha value is -3.54. The minimum Gasteiger partial charge on any atom is -0.271 e. The highest BCUT2D eigenvalue weighted by molar-refractivity contribution is 6.08. The highest BCUT2D eigenvalue weighted by Crippen LogP contribution is 2.31. The third kappa shape index (κ3) is 3.09. The lowest BCUT2D eigenvalue weighted by molar-refractivity contribution is 0.344. The standard InChI is InChI=1S/C30H28N2O4/c33-27-23-13-17-11-19-15-25-26(30(36)32(29(25)35)22-9-5-2-6-10-22)16-20(19)12-18(17)14-24(23)28(34)31(27)21-7-3-1-4-8-21/h11-16,21-22H,1-10H2. The molecule has 6 heteroatoms. The molecule has 0 saturated heterocycles. The average molecular weight is 481 g/mol. The molecule has 0 atom stereocenters. The molecule has 2 aromatic heterocycles. The maximum Gasteiger partial charge on any atom is 0.261 e. The van der Waals surface area contributed by atoms with E-state index in [-0.39, 0.29) is 34.3 Å². The van der Waals surface area contributed by atoms with Gasteiger partial charge in [0.15, 0.2) is 0 Å². The molecule has 0 radical (unpaired) electrons. The first-order chi connectivity index (χ1) is 17.5. The summed E-state index contributed by atoms with van der Waals surface area (Å²) in [5.41, 5.74) is -0.771. The predicted molar refractivity (Wildman–Crippen MR) is 144 cm³/mol. The molecule has 2 heterocycles. The summed E-state index contributed by atoms with van der Waals surface area (Å²) < 4.78 is 2.96. The van der Waals surface area contributed by atoms with Crippen LogP contribution >= 0.6 is 0 Å². The predicted octanol–water partition coefficient (Wildman–Crippen LogP) is 5.23. The van der Waals surface area contributed by atoms with Crippen molar-refractivity contribution < 1.29 is 0 Å². The Kier molecular flexibility index (Phi) is 4.82. The number of nitrogens with zero attached hydrogens (tertiary/aromatic N) is 2. The summed E-state index contributed by atoms with van der Waals surface area (Å²) in [6, 6.07) is 11.2. The third-order valence-electron chi connectivity index (χ3n) is 8.74. The Labute approximate surface area is 206 Å². The van der Waals surface area contributed by atoms with Gasteiger partial charge in [-0.3, -0.25) is 28.3 Å². The van der Waals surface area contributed by atoms with Crippen LogP contribution in [0.1, 0.15) is 76.3 Å². The van der Waals surface area contributed by atoms with E-state index >= 15 is 0 Å². The lowest BCUT2D eigenvalue weighted by atomic mass is 9.95. The molecule has 36 heavy (non-hydrogen) atoms. The first-order valence-electron chi connectivity index (χ1n) is 13.3. The maximum absolute atomic E-state index is 13.2. The van der Waals surface area contributed by atoms with Crippen LogP contribution in [-0.2, 0) is 0 Å². The summed E-state index contributed by atoms with van der Waals surface area (Å²) in [5, 5.41) is 5.29. The third-order valence-corrected chi connectivity index (χ3v) is 8.74. The van der Waals surface area contributed by atoms with Gasteiger partial charge in [-0.15, -0.1) is 0 Å². The monoisotopic (exact) mass is 480 g/mol. The molecule has 2 saturated carbocycles. The Morgan fingerprint density at radius 3 is 0.972 bits per heavy atom. The van der Waals surface area contributed by atoms with Gasteiger partial charge in [-0.1, -0.05) is 38.5 Å². The molecule has 0 bridgehead atoms. The number of rotatable bonds is 2. The second-order valence-electron chi connectivity index (χ2n) is 10.9. The molecule has 182 valence electrons. The Balaban J connectivity index is 1.43. The summed E-state index contributed by atoms with van der Waals surface area (Å²) >= 11 is 0. The van der Waals surface area contributed by atoms with Crippen LogP contribution in [0, 0.1) is 0 Å². The number of fused-ring (bicyclic) bond motifs is 4. The van der Waals surface area contributed by atoms with Crippen molar-refractivity contribution in [3.05, 3.63) is 77.8 Å². The van der Waals surface area contributed by atoms with Crippen molar-refractivity contribution >= 4 is 43.1 Å². The lowest BCUT2D eigenvalue weighted by Crippen LogP contribution is -2.31. The Morgan fingerprint density at radius 2 is 0.694 bits per heavy atom. The molecule has 0 unspecified atom stereocenters. The summed E-state index contributed by atoms with van der Waals surface area (Å²) in [7, 11) is 0. The molecule has 2 fully saturated rings. The topological polar surface area (TPSA) is 78.1 Å². The first-order valence-corrected chi connectivity index (χ1v) is 13.3. The van der Waals surface area contributed by atoms with Crippen LogP contribution < -0.4 is 22.2 Å². The molecule has 5 aromatic rings. The molecule has 2 aliphatic rings. The Morgan fingerprint density at radius 1 is 0.417 bits per heavy atom. The smallest absolute Gasteiger partial charge is 0.261 e. The van der Waals surface area contributed by atoms with Gasteiger partial charge in [0.1, 0.15) is 0 Å². The van der Waals surface area contributed by atoms with Crippen LogP contribution in [0.15, 0.2) is 55.6 Å². The van der Waals surface area contributed by atoms with E-state index < -0.39 is 0 Å². The SMILES string of the molecule is O=c1c2cc3cc4cc5c(=O)n(C6CCCCC6)c(=O)c5cc4cc3cc2c(=O)n1C1CCCCC1. The summed E-state index contributed by atoms with van der Waals surface area (Å²) in [5.74, 6) is 0. The van der Waals surface area contributed by atoms with Crippen LogP contribution in [0.25, 0.3) is 43.1 Å². The van der Waals surface area contributed by atoms with Crippen molar-refractivity contribution in [2.24, 2.45) is 0 Å². The molecule has 0 N–H and O–H groups in total. The largest absolute Gasteiger partial charge is 0.271 e. The summed E-state index contributed by atoms with van der Waals surface area (Å²) in [6.07, 6.45) is 10.0. The van der Waals surface area contributed by atoms with Gasteiger partial charge < -0.3 is 0 Å². The van der Waals surface area contributed by atoms with Crippen LogP contribution in [0.3, 0.4) is 0 Å². The molecule has 3 aromatic carbocycles. The molecule has 0 spiro atoms. The van der Waals surface area contributed by atoms with Gasteiger partial charge in [-0.05, 0) is 83.6 Å². The van der Waals surface area contributed by atoms with Crippen molar-refractivity contribution in [1.29, 1.82) is 0 Å². The van der Waals surface area contributed by atoms with E-state index in [1.807, 2.05) is 36.4 Å². The molecule has 2 aliphatic carbocycles. The lowest BCUT2D eigenvalue weighted by Gasteiger charge is -2.21. The van der Waals surface area contributed by atoms with Gasteiger partial charge in [0, 0.05) is 12.1 Å². The van der Waals surface area contributed by atoms with Crippen molar-refractivity contribution in [2.75, 3.05) is 0 Å². The summed E-state index contributed by atoms with van der Waals surface area (Å²) in [6.45, 7) is 0. The van der Waals surface area contributed by atoms with Gasteiger partial charge in [0.25, 0.3) is 22.2 Å². The van der Waals surface area contributed by atoms with Gasteiger partial charge in [0.2, 0.25) is 0 Å². The zero-order chi connectivity index (χ0) is 24.6.